The quantitative estimate of drug-likeness (QED) is 0.573. The normalized spacial score (nSPS) is 13.3. The van der Waals surface area contributed by atoms with E-state index >= 15 is 0 Å². The number of hydrogen-bond acceptors (Lipinski definition) is 4. The van der Waals surface area contributed by atoms with Gasteiger partial charge in [-0.1, -0.05) is 30.7 Å². The van der Waals surface area contributed by atoms with Gasteiger partial charge in [-0.25, -0.2) is 0 Å². The van der Waals surface area contributed by atoms with E-state index in [0.29, 0.717) is 10.6 Å². The van der Waals surface area contributed by atoms with Crippen LogP contribution in [-0.2, 0) is 19.1 Å². The molecule has 0 aliphatic carbocycles. The highest BCUT2D eigenvalue weighted by molar-refractivity contribution is 6.30. The summed E-state index contributed by atoms with van der Waals surface area (Å²) in [7, 11) is 0. The minimum absolute atomic E-state index is 0.163. The maximum atomic E-state index is 12.3. The number of benzene rings is 1. The molecule has 0 saturated heterocycles. The summed E-state index contributed by atoms with van der Waals surface area (Å²) in [4.78, 5) is 36.2. The van der Waals surface area contributed by atoms with Crippen LogP contribution in [0.1, 0.15) is 38.7 Å². The highest BCUT2D eigenvalue weighted by atomic mass is 35.5. The van der Waals surface area contributed by atoms with Gasteiger partial charge < -0.3 is 4.74 Å². The van der Waals surface area contributed by atoms with E-state index in [4.69, 9.17) is 16.3 Å². The molecule has 0 aromatic heterocycles. The van der Waals surface area contributed by atoms with Gasteiger partial charge in [-0.05, 0) is 31.5 Å². The molecule has 0 amide bonds. The first-order valence-electron chi connectivity index (χ1n) is 6.87. The molecule has 1 aromatic carbocycles. The molecule has 0 aliphatic heterocycles. The lowest BCUT2D eigenvalue weighted by Gasteiger charge is -2.22. The standard InChI is InChI=1S/C16H19ClO4/c1-4-13(19)15(11-6-8-12(17)9-7-11)14(10(3)18)16(20)21-5-2/h6-9,14-15H,4-5H2,1-3H3. The third kappa shape index (κ3) is 4.39. The van der Waals surface area contributed by atoms with Crippen molar-refractivity contribution >= 4 is 29.1 Å². The molecule has 114 valence electrons. The van der Waals surface area contributed by atoms with E-state index in [1.54, 1.807) is 38.1 Å². The Hall–Kier alpha value is -1.68. The van der Waals surface area contributed by atoms with E-state index in [1.165, 1.54) is 6.92 Å². The van der Waals surface area contributed by atoms with Gasteiger partial charge in [0, 0.05) is 11.4 Å². The van der Waals surface area contributed by atoms with E-state index in [9.17, 15) is 14.4 Å². The summed E-state index contributed by atoms with van der Waals surface area (Å²) in [5.74, 6) is -3.16. The van der Waals surface area contributed by atoms with Crippen molar-refractivity contribution in [3.05, 3.63) is 34.9 Å². The maximum absolute atomic E-state index is 12.3. The Morgan fingerprint density at radius 3 is 2.14 bits per heavy atom. The minimum atomic E-state index is -1.11. The molecule has 0 fully saturated rings. The monoisotopic (exact) mass is 310 g/mol. The van der Waals surface area contributed by atoms with Gasteiger partial charge in [0.15, 0.2) is 0 Å². The average Bonchev–Trinajstić information content (AvgIpc) is 2.44. The van der Waals surface area contributed by atoms with E-state index in [1.807, 2.05) is 0 Å². The fourth-order valence-electron chi connectivity index (χ4n) is 2.22. The summed E-state index contributed by atoms with van der Waals surface area (Å²) in [5, 5.41) is 0.525. The van der Waals surface area contributed by atoms with Crippen molar-refractivity contribution in [3.8, 4) is 0 Å². The van der Waals surface area contributed by atoms with Crippen LogP contribution in [-0.4, -0.2) is 24.1 Å². The van der Waals surface area contributed by atoms with E-state index in [-0.39, 0.29) is 24.6 Å². The Balaban J connectivity index is 3.27. The topological polar surface area (TPSA) is 60.4 Å². The summed E-state index contributed by atoms with van der Waals surface area (Å²) in [6, 6.07) is 6.59. The van der Waals surface area contributed by atoms with Crippen molar-refractivity contribution in [2.75, 3.05) is 6.61 Å². The molecule has 2 atom stereocenters. The van der Waals surface area contributed by atoms with Crippen LogP contribution in [0.3, 0.4) is 0 Å². The molecule has 0 N–H and O–H groups in total. The molecule has 4 nitrogen and oxygen atoms in total. The van der Waals surface area contributed by atoms with Crippen molar-refractivity contribution < 1.29 is 19.1 Å². The second-order valence-electron chi connectivity index (χ2n) is 4.69. The predicted octanol–water partition coefficient (Wildman–Crippen LogP) is 3.17. The predicted molar refractivity (Wildman–Crippen MR) is 80.3 cm³/mol. The van der Waals surface area contributed by atoms with Crippen molar-refractivity contribution in [2.45, 2.75) is 33.1 Å². The Kier molecular flexibility index (Phi) is 6.56. The molecule has 0 aliphatic rings. The Morgan fingerprint density at radius 1 is 1.14 bits per heavy atom. The number of esters is 1. The van der Waals surface area contributed by atoms with Crippen LogP contribution in [0.25, 0.3) is 0 Å². The molecule has 1 aromatic rings. The number of rotatable bonds is 7. The van der Waals surface area contributed by atoms with E-state index < -0.39 is 17.8 Å². The Bertz CT molecular complexity index is 522. The highest BCUT2D eigenvalue weighted by Crippen LogP contribution is 2.30. The Labute approximate surface area is 129 Å². The van der Waals surface area contributed by atoms with E-state index in [0.717, 1.165) is 0 Å². The zero-order chi connectivity index (χ0) is 16.0. The van der Waals surface area contributed by atoms with Crippen LogP contribution in [0.2, 0.25) is 5.02 Å². The largest absolute Gasteiger partial charge is 0.465 e. The van der Waals surface area contributed by atoms with Gasteiger partial charge in [0.25, 0.3) is 0 Å². The van der Waals surface area contributed by atoms with Gasteiger partial charge in [0.1, 0.15) is 17.5 Å². The maximum Gasteiger partial charge on any atom is 0.317 e. The van der Waals surface area contributed by atoms with Crippen molar-refractivity contribution in [1.82, 2.24) is 0 Å². The Morgan fingerprint density at radius 2 is 1.71 bits per heavy atom. The zero-order valence-corrected chi connectivity index (χ0v) is 13.1. The molecule has 2 unspecified atom stereocenters. The summed E-state index contributed by atoms with van der Waals surface area (Å²) in [5.41, 5.74) is 0.597. The smallest absolute Gasteiger partial charge is 0.317 e. The number of ether oxygens (including phenoxy) is 1. The van der Waals surface area contributed by atoms with Gasteiger partial charge in [-0.15, -0.1) is 0 Å². The lowest BCUT2D eigenvalue weighted by molar-refractivity contribution is -0.154. The molecular weight excluding hydrogens is 292 g/mol. The van der Waals surface area contributed by atoms with Gasteiger partial charge in [-0.3, -0.25) is 14.4 Å². The second-order valence-corrected chi connectivity index (χ2v) is 5.13. The van der Waals surface area contributed by atoms with E-state index in [2.05, 4.69) is 0 Å². The van der Waals surface area contributed by atoms with Crippen LogP contribution < -0.4 is 0 Å². The molecule has 21 heavy (non-hydrogen) atoms. The number of Topliss-reactive ketones (excluding diaryl/α,β-unsaturated/α-hetero) is 2. The molecule has 0 spiro atoms. The third-order valence-corrected chi connectivity index (χ3v) is 3.49. The first kappa shape index (κ1) is 17.4. The minimum Gasteiger partial charge on any atom is -0.465 e. The molecule has 0 radical (unpaired) electrons. The van der Waals surface area contributed by atoms with Crippen LogP contribution in [0, 0.1) is 5.92 Å². The molecule has 0 saturated carbocycles. The van der Waals surface area contributed by atoms with Crippen LogP contribution >= 0.6 is 11.6 Å². The summed E-state index contributed by atoms with van der Waals surface area (Å²) in [6.07, 6.45) is 0.233. The van der Waals surface area contributed by atoms with Crippen molar-refractivity contribution in [3.63, 3.8) is 0 Å². The summed E-state index contributed by atoms with van der Waals surface area (Å²) in [6.45, 7) is 4.82. The van der Waals surface area contributed by atoms with Crippen molar-refractivity contribution in [1.29, 1.82) is 0 Å². The fourth-order valence-corrected chi connectivity index (χ4v) is 2.35. The number of halogens is 1. The summed E-state index contributed by atoms with van der Waals surface area (Å²) >= 11 is 5.84. The first-order chi connectivity index (χ1) is 9.92. The number of ketones is 2. The zero-order valence-electron chi connectivity index (χ0n) is 12.4. The molecule has 5 heteroatoms. The van der Waals surface area contributed by atoms with Crippen LogP contribution in [0.5, 0.6) is 0 Å². The van der Waals surface area contributed by atoms with Gasteiger partial charge >= 0.3 is 5.97 Å². The number of carbonyl (C=O) groups excluding carboxylic acids is 3. The molecular formula is C16H19ClO4. The SMILES string of the molecule is CCOC(=O)C(C(C)=O)C(C(=O)CC)c1ccc(Cl)cc1. The van der Waals surface area contributed by atoms with Gasteiger partial charge in [-0.2, -0.15) is 0 Å². The molecule has 0 heterocycles. The second kappa shape index (κ2) is 7.93. The summed E-state index contributed by atoms with van der Waals surface area (Å²) < 4.78 is 4.95. The lowest BCUT2D eigenvalue weighted by Crippen LogP contribution is -2.34. The molecule has 1 rings (SSSR count). The van der Waals surface area contributed by atoms with Gasteiger partial charge in [0.05, 0.1) is 12.5 Å². The number of hydrogen-bond donors (Lipinski definition) is 0. The fraction of sp³-hybridized carbons (Fsp3) is 0.438. The third-order valence-electron chi connectivity index (χ3n) is 3.24. The first-order valence-corrected chi connectivity index (χ1v) is 7.25. The highest BCUT2D eigenvalue weighted by Gasteiger charge is 2.38. The molecule has 0 bridgehead atoms. The van der Waals surface area contributed by atoms with Crippen molar-refractivity contribution in [2.24, 2.45) is 5.92 Å². The number of carbonyl (C=O) groups is 3. The lowest BCUT2D eigenvalue weighted by atomic mass is 9.80. The average molecular weight is 311 g/mol. The van der Waals surface area contributed by atoms with Gasteiger partial charge in [0.2, 0.25) is 0 Å². The van der Waals surface area contributed by atoms with Crippen LogP contribution in [0.15, 0.2) is 24.3 Å². The van der Waals surface area contributed by atoms with Crippen LogP contribution in [0.4, 0.5) is 0 Å².